The summed E-state index contributed by atoms with van der Waals surface area (Å²) >= 11 is 0. The Morgan fingerprint density at radius 2 is 1.54 bits per heavy atom. The van der Waals surface area contributed by atoms with Crippen molar-refractivity contribution in [2.24, 2.45) is 17.8 Å². The van der Waals surface area contributed by atoms with Crippen molar-refractivity contribution < 1.29 is 33.7 Å². The molecule has 3 aromatic rings. The van der Waals surface area contributed by atoms with E-state index >= 15 is 14.4 Å². The molecule has 274 valence electrons. The van der Waals surface area contributed by atoms with Crippen molar-refractivity contribution in [2.45, 2.75) is 56.9 Å². The average Bonchev–Trinajstić information content (AvgIpc) is 3.68. The standard InChI is InChI=1S/C42H49N3O7/c1-7-23-43(30-17-21-34(22-18-30)51-9-3)38(47)35-36-39(48)45(32(27-46)25-29-13-11-10-12-14-29)37(42(36)26-28(4)41(35,5)52-42)40(49)44(24-8-2)31-15-19-33(50-6)20-16-31/h7-8,10-22,28,32,35-37,46H,1-2,9,23-27H2,3-6H3/t28?,32-,35+,36+,37?,41-,42?/m1/s1. The van der Waals surface area contributed by atoms with Gasteiger partial charge in [0.2, 0.25) is 11.8 Å². The number of nitrogens with zero attached hydrogens (tertiary/aromatic N) is 3. The molecule has 3 aromatic carbocycles. The molecule has 6 rings (SSSR count). The van der Waals surface area contributed by atoms with Crippen LogP contribution in [0.1, 0.15) is 32.8 Å². The fraction of sp³-hybridized carbons (Fsp3) is 0.405. The maximum atomic E-state index is 15.2. The summed E-state index contributed by atoms with van der Waals surface area (Å²) in [6.07, 6.45) is 3.98. The number of carbonyl (C=O) groups is 3. The van der Waals surface area contributed by atoms with Crippen LogP contribution in [0.3, 0.4) is 0 Å². The van der Waals surface area contributed by atoms with E-state index in [-0.39, 0.29) is 36.7 Å². The van der Waals surface area contributed by atoms with Crippen LogP contribution in [-0.2, 0) is 25.5 Å². The molecular weight excluding hydrogens is 658 g/mol. The molecule has 0 radical (unpaired) electrons. The van der Waals surface area contributed by atoms with Gasteiger partial charge in [-0.05, 0) is 86.7 Å². The van der Waals surface area contributed by atoms with Crippen LogP contribution in [0.5, 0.6) is 11.5 Å². The first kappa shape index (κ1) is 36.8. The van der Waals surface area contributed by atoms with E-state index in [2.05, 4.69) is 13.2 Å². The third kappa shape index (κ3) is 6.17. The van der Waals surface area contributed by atoms with Gasteiger partial charge in [0.1, 0.15) is 23.1 Å². The minimum Gasteiger partial charge on any atom is -0.497 e. The highest BCUT2D eigenvalue weighted by atomic mass is 16.5. The molecule has 10 nitrogen and oxygen atoms in total. The maximum Gasteiger partial charge on any atom is 0.253 e. The Morgan fingerprint density at radius 1 is 0.962 bits per heavy atom. The van der Waals surface area contributed by atoms with Gasteiger partial charge in [-0.15, -0.1) is 13.2 Å². The predicted molar refractivity (Wildman–Crippen MR) is 200 cm³/mol. The van der Waals surface area contributed by atoms with Gasteiger partial charge in [0, 0.05) is 24.5 Å². The van der Waals surface area contributed by atoms with Gasteiger partial charge >= 0.3 is 0 Å². The number of ether oxygens (including phenoxy) is 3. The molecule has 3 fully saturated rings. The van der Waals surface area contributed by atoms with Crippen molar-refractivity contribution in [2.75, 3.05) is 43.2 Å². The highest BCUT2D eigenvalue weighted by Crippen LogP contribution is 2.66. The van der Waals surface area contributed by atoms with E-state index in [0.29, 0.717) is 42.3 Å². The van der Waals surface area contributed by atoms with Crippen molar-refractivity contribution in [3.05, 3.63) is 110 Å². The quantitative estimate of drug-likeness (QED) is 0.210. The molecule has 3 aliphatic heterocycles. The first-order valence-corrected chi connectivity index (χ1v) is 18.0. The van der Waals surface area contributed by atoms with Crippen molar-refractivity contribution in [3.8, 4) is 11.5 Å². The van der Waals surface area contributed by atoms with Gasteiger partial charge in [-0.3, -0.25) is 14.4 Å². The zero-order valence-electron chi connectivity index (χ0n) is 30.4. The van der Waals surface area contributed by atoms with Crippen molar-refractivity contribution >= 4 is 29.1 Å². The lowest BCUT2D eigenvalue weighted by atomic mass is 9.62. The number of hydrogen-bond acceptors (Lipinski definition) is 7. The van der Waals surface area contributed by atoms with Crippen LogP contribution in [0.15, 0.2) is 104 Å². The first-order valence-electron chi connectivity index (χ1n) is 18.0. The average molecular weight is 708 g/mol. The molecule has 3 heterocycles. The minimum absolute atomic E-state index is 0.160. The lowest BCUT2D eigenvalue weighted by Crippen LogP contribution is -2.59. The summed E-state index contributed by atoms with van der Waals surface area (Å²) in [5, 5.41) is 11.0. The molecular formula is C42H49N3O7. The van der Waals surface area contributed by atoms with Crippen LogP contribution in [0, 0.1) is 17.8 Å². The highest BCUT2D eigenvalue weighted by Gasteiger charge is 2.80. The molecule has 3 unspecified atom stereocenters. The summed E-state index contributed by atoms with van der Waals surface area (Å²) in [5.41, 5.74) is -0.264. The minimum atomic E-state index is -1.34. The van der Waals surface area contributed by atoms with Gasteiger partial charge in [0.05, 0.1) is 43.8 Å². The molecule has 1 N–H and O–H groups in total. The Labute approximate surface area is 306 Å². The van der Waals surface area contributed by atoms with Crippen LogP contribution >= 0.6 is 0 Å². The maximum absolute atomic E-state index is 15.2. The third-order valence-corrected chi connectivity index (χ3v) is 11.2. The Balaban J connectivity index is 1.47. The monoisotopic (exact) mass is 707 g/mol. The summed E-state index contributed by atoms with van der Waals surface area (Å²) in [5.74, 6) is -1.79. The van der Waals surface area contributed by atoms with E-state index in [1.807, 2.05) is 75.4 Å². The van der Waals surface area contributed by atoms with Crippen LogP contribution in [0.25, 0.3) is 0 Å². The highest BCUT2D eigenvalue weighted by molar-refractivity contribution is 6.07. The number of aliphatic hydroxyl groups is 1. The second-order valence-corrected chi connectivity index (χ2v) is 14.1. The SMILES string of the molecule is C=CCN(C(=O)C1N([C@@H](CO)Cc2ccccc2)C(=O)[C@@H]2[C@@H](C(=O)N(CC=C)c3ccc(OCC)cc3)[C@]3(C)OC12CC3C)c1ccc(OC)cc1. The zero-order chi connectivity index (χ0) is 37.2. The number of aliphatic hydroxyl groups excluding tert-OH is 1. The van der Waals surface area contributed by atoms with Crippen molar-refractivity contribution in [3.63, 3.8) is 0 Å². The number of rotatable bonds is 15. The number of hydrogen-bond donors (Lipinski definition) is 1. The third-order valence-electron chi connectivity index (χ3n) is 11.2. The van der Waals surface area contributed by atoms with Gasteiger partial charge in [0.15, 0.2) is 0 Å². The van der Waals surface area contributed by atoms with E-state index in [1.165, 1.54) is 4.90 Å². The summed E-state index contributed by atoms with van der Waals surface area (Å²) in [4.78, 5) is 50.2. The van der Waals surface area contributed by atoms with E-state index in [9.17, 15) is 5.11 Å². The second-order valence-electron chi connectivity index (χ2n) is 14.1. The van der Waals surface area contributed by atoms with E-state index in [1.54, 1.807) is 53.3 Å². The molecule has 2 bridgehead atoms. The van der Waals surface area contributed by atoms with Gasteiger partial charge < -0.3 is 34.0 Å². The van der Waals surface area contributed by atoms with Gasteiger partial charge in [0.25, 0.3) is 5.91 Å². The first-order chi connectivity index (χ1) is 25.1. The fourth-order valence-electron chi connectivity index (χ4n) is 8.73. The lowest BCUT2D eigenvalue weighted by Gasteiger charge is -2.39. The fourth-order valence-corrected chi connectivity index (χ4v) is 8.73. The summed E-state index contributed by atoms with van der Waals surface area (Å²) in [7, 11) is 1.57. The van der Waals surface area contributed by atoms with E-state index < -0.39 is 41.7 Å². The topological polar surface area (TPSA) is 109 Å². The number of likely N-dealkylation sites (tertiary alicyclic amines) is 1. The molecule has 0 aromatic heterocycles. The summed E-state index contributed by atoms with van der Waals surface area (Å²) in [6.45, 7) is 14.1. The van der Waals surface area contributed by atoms with Crippen LogP contribution in [0.2, 0.25) is 0 Å². The largest absolute Gasteiger partial charge is 0.497 e. The van der Waals surface area contributed by atoms with Gasteiger partial charge in [-0.1, -0.05) is 49.4 Å². The number of carbonyl (C=O) groups excluding carboxylic acids is 3. The molecule has 3 amide bonds. The number of benzene rings is 3. The molecule has 7 atom stereocenters. The summed E-state index contributed by atoms with van der Waals surface area (Å²) < 4.78 is 18.1. The number of anilines is 2. The zero-order valence-corrected chi connectivity index (χ0v) is 30.4. The normalized spacial score (nSPS) is 26.4. The smallest absolute Gasteiger partial charge is 0.253 e. The number of amides is 3. The number of fused-ring (bicyclic) bond motifs is 1. The van der Waals surface area contributed by atoms with Gasteiger partial charge in [-0.25, -0.2) is 0 Å². The summed E-state index contributed by atoms with van der Waals surface area (Å²) in [6, 6.07) is 22.1. The molecule has 3 saturated heterocycles. The lowest BCUT2D eigenvalue weighted by molar-refractivity contribution is -0.149. The predicted octanol–water partition coefficient (Wildman–Crippen LogP) is 5.45. The van der Waals surface area contributed by atoms with Gasteiger partial charge in [-0.2, -0.15) is 0 Å². The van der Waals surface area contributed by atoms with E-state index in [0.717, 1.165) is 5.56 Å². The molecule has 3 aliphatic rings. The Kier molecular flexibility index (Phi) is 10.6. The Bertz CT molecular complexity index is 1780. The molecule has 1 spiro atoms. The molecule has 0 aliphatic carbocycles. The number of methoxy groups -OCH3 is 1. The van der Waals surface area contributed by atoms with Crippen LogP contribution in [-0.4, -0.2) is 84.4 Å². The molecule has 0 saturated carbocycles. The van der Waals surface area contributed by atoms with Crippen molar-refractivity contribution in [1.82, 2.24) is 4.90 Å². The molecule has 52 heavy (non-hydrogen) atoms. The second kappa shape index (κ2) is 15.0. The van der Waals surface area contributed by atoms with E-state index in [4.69, 9.17) is 14.2 Å². The van der Waals surface area contributed by atoms with Crippen molar-refractivity contribution in [1.29, 1.82) is 0 Å². The van der Waals surface area contributed by atoms with Crippen LogP contribution < -0.4 is 19.3 Å². The Hall–Kier alpha value is -4.93. The Morgan fingerprint density at radius 3 is 2.08 bits per heavy atom. The van der Waals surface area contributed by atoms with Crippen LogP contribution in [0.4, 0.5) is 11.4 Å². The molecule has 10 heteroatoms.